The molecule has 0 saturated carbocycles. The Bertz CT molecular complexity index is 857. The first kappa shape index (κ1) is 19.6. The summed E-state index contributed by atoms with van der Waals surface area (Å²) in [6.45, 7) is 0. The van der Waals surface area contributed by atoms with Gasteiger partial charge in [0.25, 0.3) is 5.69 Å². The molecular weight excluding hydrogens is 391 g/mol. The number of nitro groups is 1. The van der Waals surface area contributed by atoms with E-state index in [0.29, 0.717) is 11.8 Å². The molecule has 12 heteroatoms. The second kappa shape index (κ2) is 8.10. The van der Waals surface area contributed by atoms with E-state index in [0.717, 1.165) is 23.9 Å². The van der Waals surface area contributed by atoms with Crippen LogP contribution in [0.1, 0.15) is 11.1 Å². The highest BCUT2D eigenvalue weighted by atomic mass is 32.2. The van der Waals surface area contributed by atoms with Gasteiger partial charge in [-0.05, 0) is 30.4 Å². The number of benzene rings is 1. The van der Waals surface area contributed by atoms with Crippen molar-refractivity contribution in [2.75, 3.05) is 0 Å². The largest absolute Gasteiger partial charge is 0.417 e. The van der Waals surface area contributed by atoms with Crippen molar-refractivity contribution in [3.05, 3.63) is 57.8 Å². The lowest BCUT2D eigenvalue weighted by Crippen LogP contribution is -2.23. The number of rotatable bonds is 5. The van der Waals surface area contributed by atoms with Crippen molar-refractivity contribution in [1.82, 2.24) is 10.4 Å². The van der Waals surface area contributed by atoms with Crippen LogP contribution < -0.4 is 11.2 Å². The molecule has 1 aromatic heterocycles. The average Bonchev–Trinajstić information content (AvgIpc) is 2.55. The summed E-state index contributed by atoms with van der Waals surface area (Å²) in [6, 6.07) is 6.27. The van der Waals surface area contributed by atoms with Crippen LogP contribution in [0.3, 0.4) is 0 Å². The van der Waals surface area contributed by atoms with Gasteiger partial charge in [-0.3, -0.25) is 15.5 Å². The van der Waals surface area contributed by atoms with E-state index in [1.165, 1.54) is 18.3 Å². The number of alkyl halides is 3. The van der Waals surface area contributed by atoms with Gasteiger partial charge < -0.3 is 5.73 Å². The second-order valence-electron chi connectivity index (χ2n) is 4.70. The van der Waals surface area contributed by atoms with Gasteiger partial charge in [-0.1, -0.05) is 17.8 Å². The molecule has 0 amide bonds. The molecule has 2 aromatic rings. The number of halogens is 3. The lowest BCUT2D eigenvalue weighted by molar-refractivity contribution is -0.387. The molecule has 7 nitrogen and oxygen atoms in total. The van der Waals surface area contributed by atoms with Crippen LogP contribution in [0.4, 0.5) is 18.9 Å². The molecule has 0 aliphatic carbocycles. The second-order valence-corrected chi connectivity index (χ2v) is 6.21. The molecular formula is C14H10F3N5O2S2. The summed E-state index contributed by atoms with van der Waals surface area (Å²) in [5.74, 6) is 0. The van der Waals surface area contributed by atoms with Crippen molar-refractivity contribution in [3.8, 4) is 0 Å². The molecule has 0 aliphatic heterocycles. The summed E-state index contributed by atoms with van der Waals surface area (Å²) in [5, 5.41) is 15.1. The smallest absolute Gasteiger partial charge is 0.375 e. The number of nitrogens with two attached hydrogens (primary N) is 1. The minimum atomic E-state index is -4.50. The van der Waals surface area contributed by atoms with Gasteiger partial charge in [0.1, 0.15) is 5.03 Å². The summed E-state index contributed by atoms with van der Waals surface area (Å²) in [5.41, 5.74) is 6.79. The van der Waals surface area contributed by atoms with Crippen LogP contribution >= 0.6 is 24.0 Å². The molecule has 26 heavy (non-hydrogen) atoms. The van der Waals surface area contributed by atoms with Gasteiger partial charge in [-0.15, -0.1) is 0 Å². The Balaban J connectivity index is 2.24. The SMILES string of the molecule is NC(=S)NN=Cc1ccc(Sc2ccc(C(F)(F)F)cn2)c([N+](=O)[O-])c1. The lowest BCUT2D eigenvalue weighted by atomic mass is 10.2. The standard InChI is InChI=1S/C14H10F3N5O2S2/c15-14(16,17)9-2-4-12(19-7-9)26-11-3-1-8(5-10(11)22(23)24)6-20-21-13(18)25/h1-7H,(H3,18,21,25). The van der Waals surface area contributed by atoms with Gasteiger partial charge >= 0.3 is 6.18 Å². The number of aromatic nitrogens is 1. The maximum atomic E-state index is 12.5. The molecule has 1 aromatic carbocycles. The Morgan fingerprint density at radius 1 is 1.38 bits per heavy atom. The number of hydrazone groups is 1. The summed E-state index contributed by atoms with van der Waals surface area (Å²) in [6.07, 6.45) is -2.53. The van der Waals surface area contributed by atoms with Gasteiger partial charge in [-0.25, -0.2) is 4.98 Å². The molecule has 0 saturated heterocycles. The highest BCUT2D eigenvalue weighted by Crippen LogP contribution is 2.35. The third kappa shape index (κ3) is 5.39. The van der Waals surface area contributed by atoms with Gasteiger partial charge in [0.05, 0.1) is 21.6 Å². The number of thiocarbonyl (C=S) groups is 1. The first-order valence-corrected chi connectivity index (χ1v) is 7.97. The Labute approximate surface area is 154 Å². The van der Waals surface area contributed by atoms with Gasteiger partial charge in [0.15, 0.2) is 5.11 Å². The number of nitro benzene ring substituents is 1. The van der Waals surface area contributed by atoms with Crippen molar-refractivity contribution in [1.29, 1.82) is 0 Å². The fraction of sp³-hybridized carbons (Fsp3) is 0.0714. The van der Waals surface area contributed by atoms with Crippen molar-refractivity contribution < 1.29 is 18.1 Å². The molecule has 0 radical (unpaired) electrons. The van der Waals surface area contributed by atoms with Crippen molar-refractivity contribution in [2.45, 2.75) is 16.1 Å². The lowest BCUT2D eigenvalue weighted by Gasteiger charge is -2.07. The Kier molecular flexibility index (Phi) is 6.10. The van der Waals surface area contributed by atoms with E-state index in [-0.39, 0.29) is 20.7 Å². The summed E-state index contributed by atoms with van der Waals surface area (Å²) < 4.78 is 37.6. The molecule has 0 unspecified atom stereocenters. The van der Waals surface area contributed by atoms with E-state index in [9.17, 15) is 23.3 Å². The Hall–Kier alpha value is -2.73. The third-order valence-electron chi connectivity index (χ3n) is 2.85. The monoisotopic (exact) mass is 401 g/mol. The van der Waals surface area contributed by atoms with Gasteiger partial charge in [-0.2, -0.15) is 18.3 Å². The molecule has 2 rings (SSSR count). The van der Waals surface area contributed by atoms with Crippen molar-refractivity contribution in [3.63, 3.8) is 0 Å². The number of pyridine rings is 1. The van der Waals surface area contributed by atoms with Crippen LogP contribution in [0.2, 0.25) is 0 Å². The maximum absolute atomic E-state index is 12.5. The summed E-state index contributed by atoms with van der Waals surface area (Å²) >= 11 is 5.45. The average molecular weight is 401 g/mol. The van der Waals surface area contributed by atoms with E-state index < -0.39 is 16.7 Å². The Morgan fingerprint density at radius 3 is 2.65 bits per heavy atom. The minimum absolute atomic E-state index is 0.0590. The normalized spacial score (nSPS) is 11.5. The Morgan fingerprint density at radius 2 is 2.12 bits per heavy atom. The van der Waals surface area contributed by atoms with Crippen LogP contribution in [0.15, 0.2) is 51.6 Å². The highest BCUT2D eigenvalue weighted by molar-refractivity contribution is 7.99. The predicted molar refractivity (Wildman–Crippen MR) is 94.0 cm³/mol. The van der Waals surface area contributed by atoms with E-state index in [4.69, 9.17) is 5.73 Å². The number of hydrogen-bond acceptors (Lipinski definition) is 6. The molecule has 0 spiro atoms. The first-order chi connectivity index (χ1) is 12.2. The van der Waals surface area contributed by atoms with Gasteiger partial charge in [0, 0.05) is 17.8 Å². The molecule has 0 atom stereocenters. The highest BCUT2D eigenvalue weighted by Gasteiger charge is 2.30. The quantitative estimate of drug-likeness (QED) is 0.343. The fourth-order valence-corrected chi connectivity index (χ4v) is 2.63. The number of nitrogens with one attached hydrogen (secondary N) is 1. The molecule has 0 fully saturated rings. The van der Waals surface area contributed by atoms with Crippen LogP contribution in [0.5, 0.6) is 0 Å². The zero-order chi connectivity index (χ0) is 19.3. The number of nitrogens with zero attached hydrogens (tertiary/aromatic N) is 3. The van der Waals surface area contributed by atoms with E-state index in [1.807, 2.05) is 0 Å². The topological polar surface area (TPSA) is 106 Å². The summed E-state index contributed by atoms with van der Waals surface area (Å²) in [4.78, 5) is 14.6. The third-order valence-corrected chi connectivity index (χ3v) is 3.95. The van der Waals surface area contributed by atoms with Crippen LogP contribution in [-0.4, -0.2) is 21.2 Å². The molecule has 136 valence electrons. The van der Waals surface area contributed by atoms with Crippen LogP contribution in [0, 0.1) is 10.1 Å². The fourth-order valence-electron chi connectivity index (χ4n) is 1.74. The summed E-state index contributed by atoms with van der Waals surface area (Å²) in [7, 11) is 0. The van der Waals surface area contributed by atoms with E-state index in [1.54, 1.807) is 6.07 Å². The molecule has 0 bridgehead atoms. The molecule has 1 heterocycles. The van der Waals surface area contributed by atoms with Crippen LogP contribution in [-0.2, 0) is 6.18 Å². The van der Waals surface area contributed by atoms with E-state index >= 15 is 0 Å². The van der Waals surface area contributed by atoms with Gasteiger partial charge in [0.2, 0.25) is 0 Å². The van der Waals surface area contributed by atoms with Crippen LogP contribution in [0.25, 0.3) is 0 Å². The zero-order valence-corrected chi connectivity index (χ0v) is 14.4. The number of hydrogen-bond donors (Lipinski definition) is 2. The van der Waals surface area contributed by atoms with Crippen molar-refractivity contribution in [2.24, 2.45) is 10.8 Å². The first-order valence-electron chi connectivity index (χ1n) is 6.75. The zero-order valence-electron chi connectivity index (χ0n) is 12.7. The molecule has 3 N–H and O–H groups in total. The minimum Gasteiger partial charge on any atom is -0.375 e. The predicted octanol–water partition coefficient (Wildman–Crippen LogP) is 3.33. The van der Waals surface area contributed by atoms with E-state index in [2.05, 4.69) is 27.7 Å². The molecule has 0 aliphatic rings. The maximum Gasteiger partial charge on any atom is 0.417 e. The van der Waals surface area contributed by atoms with Crippen molar-refractivity contribution >= 4 is 41.0 Å².